The largest absolute Gasteiger partial charge is 0.492 e. The number of alkyl halides is 3. The number of aromatic nitrogens is 2. The Bertz CT molecular complexity index is 593. The van der Waals surface area contributed by atoms with Crippen molar-refractivity contribution in [2.45, 2.75) is 6.18 Å². The number of halogens is 4. The molecule has 21 heavy (non-hydrogen) atoms. The molecule has 2 aromatic rings. The second-order valence-electron chi connectivity index (χ2n) is 3.99. The molecule has 0 atom stereocenters. The molecule has 1 aromatic heterocycles. The Morgan fingerprint density at radius 1 is 1.14 bits per heavy atom. The van der Waals surface area contributed by atoms with Gasteiger partial charge >= 0.3 is 6.18 Å². The summed E-state index contributed by atoms with van der Waals surface area (Å²) in [7, 11) is 0. The molecule has 2 rings (SSSR count). The molecule has 1 N–H and O–H groups in total. The minimum atomic E-state index is -4.64. The van der Waals surface area contributed by atoms with Crippen molar-refractivity contribution >= 4 is 17.4 Å². The molecule has 0 radical (unpaired) electrons. The fourth-order valence-corrected chi connectivity index (χ4v) is 1.68. The van der Waals surface area contributed by atoms with Gasteiger partial charge in [-0.2, -0.15) is 13.2 Å². The maximum atomic E-state index is 12.5. The summed E-state index contributed by atoms with van der Waals surface area (Å²) < 4.78 is 43.0. The van der Waals surface area contributed by atoms with E-state index in [0.29, 0.717) is 5.75 Å². The maximum absolute atomic E-state index is 12.5. The van der Waals surface area contributed by atoms with Crippen molar-refractivity contribution in [1.82, 2.24) is 9.97 Å². The third-order valence-electron chi connectivity index (χ3n) is 2.37. The molecular formula is C13H11ClF3N3O. The highest BCUT2D eigenvalue weighted by atomic mass is 35.5. The Morgan fingerprint density at radius 2 is 1.86 bits per heavy atom. The van der Waals surface area contributed by atoms with Gasteiger partial charge in [-0.3, -0.25) is 0 Å². The second kappa shape index (κ2) is 6.62. The normalized spacial score (nSPS) is 11.2. The van der Waals surface area contributed by atoms with E-state index in [1.54, 1.807) is 12.1 Å². The molecule has 0 bridgehead atoms. The van der Waals surface area contributed by atoms with Gasteiger partial charge in [0.2, 0.25) is 5.82 Å². The molecular weight excluding hydrogens is 307 g/mol. The molecule has 112 valence electrons. The highest BCUT2D eigenvalue weighted by Crippen LogP contribution is 2.28. The lowest BCUT2D eigenvalue weighted by atomic mass is 10.3. The highest BCUT2D eigenvalue weighted by Gasteiger charge is 2.35. The van der Waals surface area contributed by atoms with Gasteiger partial charge in [0.25, 0.3) is 0 Å². The van der Waals surface area contributed by atoms with E-state index in [4.69, 9.17) is 16.3 Å². The van der Waals surface area contributed by atoms with Gasteiger partial charge in [-0.15, -0.1) is 0 Å². The number of nitrogens with zero attached hydrogens (tertiary/aromatic N) is 2. The summed E-state index contributed by atoms with van der Waals surface area (Å²) >= 11 is 5.54. The van der Waals surface area contributed by atoms with Crippen molar-refractivity contribution in [1.29, 1.82) is 0 Å². The van der Waals surface area contributed by atoms with Crippen LogP contribution in [-0.4, -0.2) is 23.1 Å². The first-order valence-corrected chi connectivity index (χ1v) is 6.36. The zero-order valence-corrected chi connectivity index (χ0v) is 11.4. The molecule has 0 aliphatic heterocycles. The molecule has 4 nitrogen and oxygen atoms in total. The zero-order valence-electron chi connectivity index (χ0n) is 10.7. The number of para-hydroxylation sites is 1. The number of rotatable bonds is 5. The Hall–Kier alpha value is -2.02. The van der Waals surface area contributed by atoms with Crippen LogP contribution in [-0.2, 0) is 6.18 Å². The summed E-state index contributed by atoms with van der Waals surface area (Å²) in [5, 5.41) is 2.43. The van der Waals surface area contributed by atoms with Crippen LogP contribution in [0.5, 0.6) is 5.75 Å². The van der Waals surface area contributed by atoms with Crippen LogP contribution in [0.2, 0.25) is 5.15 Å². The van der Waals surface area contributed by atoms with E-state index >= 15 is 0 Å². The molecule has 0 aliphatic rings. The van der Waals surface area contributed by atoms with Crippen molar-refractivity contribution in [3.8, 4) is 5.75 Å². The molecule has 0 unspecified atom stereocenters. The third-order valence-corrected chi connectivity index (χ3v) is 2.56. The number of benzene rings is 1. The fourth-order valence-electron chi connectivity index (χ4n) is 1.50. The van der Waals surface area contributed by atoms with Crippen LogP contribution in [0.15, 0.2) is 36.4 Å². The van der Waals surface area contributed by atoms with E-state index in [0.717, 1.165) is 0 Å². The summed E-state index contributed by atoms with van der Waals surface area (Å²) in [6.07, 6.45) is -4.64. The Kier molecular flexibility index (Phi) is 4.85. The van der Waals surface area contributed by atoms with E-state index in [-0.39, 0.29) is 24.1 Å². The SMILES string of the molecule is FC(F)(F)c1nc(Cl)cc(NCCOc2ccccc2)n1. The summed E-state index contributed by atoms with van der Waals surface area (Å²) in [4.78, 5) is 6.50. The monoisotopic (exact) mass is 317 g/mol. The molecule has 0 fully saturated rings. The van der Waals surface area contributed by atoms with Gasteiger partial charge in [0.15, 0.2) is 0 Å². The quantitative estimate of drug-likeness (QED) is 0.675. The molecule has 0 spiro atoms. The van der Waals surface area contributed by atoms with Crippen LogP contribution < -0.4 is 10.1 Å². The lowest BCUT2D eigenvalue weighted by Gasteiger charge is -2.10. The lowest BCUT2D eigenvalue weighted by molar-refractivity contribution is -0.144. The van der Waals surface area contributed by atoms with Crippen molar-refractivity contribution in [2.75, 3.05) is 18.5 Å². The average Bonchev–Trinajstić information content (AvgIpc) is 2.43. The summed E-state index contributed by atoms with van der Waals surface area (Å²) in [5.41, 5.74) is 0. The third kappa shape index (κ3) is 4.78. The summed E-state index contributed by atoms with van der Waals surface area (Å²) in [6, 6.07) is 10.3. The Labute approximate surface area is 123 Å². The second-order valence-corrected chi connectivity index (χ2v) is 4.37. The van der Waals surface area contributed by atoms with Crippen molar-refractivity contribution < 1.29 is 17.9 Å². The van der Waals surface area contributed by atoms with Crippen molar-refractivity contribution in [3.63, 3.8) is 0 Å². The predicted octanol–water partition coefficient (Wildman–Crippen LogP) is 3.64. The minimum absolute atomic E-state index is 0.000938. The fraction of sp³-hybridized carbons (Fsp3) is 0.231. The van der Waals surface area contributed by atoms with Crippen LogP contribution in [0.3, 0.4) is 0 Å². The zero-order chi connectivity index (χ0) is 15.3. The van der Waals surface area contributed by atoms with Gasteiger partial charge in [-0.05, 0) is 12.1 Å². The predicted molar refractivity (Wildman–Crippen MR) is 72.5 cm³/mol. The van der Waals surface area contributed by atoms with Crippen LogP contribution in [0.1, 0.15) is 5.82 Å². The van der Waals surface area contributed by atoms with Crippen molar-refractivity contribution in [3.05, 3.63) is 47.4 Å². The average molecular weight is 318 g/mol. The van der Waals surface area contributed by atoms with Gasteiger partial charge in [-0.1, -0.05) is 29.8 Å². The van der Waals surface area contributed by atoms with Crippen LogP contribution in [0, 0.1) is 0 Å². The van der Waals surface area contributed by atoms with E-state index < -0.39 is 12.0 Å². The van der Waals surface area contributed by atoms with E-state index in [9.17, 15) is 13.2 Å². The van der Waals surface area contributed by atoms with E-state index in [2.05, 4.69) is 15.3 Å². The number of hydrogen-bond acceptors (Lipinski definition) is 4. The maximum Gasteiger partial charge on any atom is 0.451 e. The van der Waals surface area contributed by atoms with Gasteiger partial charge < -0.3 is 10.1 Å². The minimum Gasteiger partial charge on any atom is -0.492 e. The van der Waals surface area contributed by atoms with Gasteiger partial charge in [-0.25, -0.2) is 9.97 Å². The highest BCUT2D eigenvalue weighted by molar-refractivity contribution is 6.29. The molecule has 0 saturated heterocycles. The van der Waals surface area contributed by atoms with Crippen LogP contribution in [0.25, 0.3) is 0 Å². The number of anilines is 1. The summed E-state index contributed by atoms with van der Waals surface area (Å²) in [5.74, 6) is -0.600. The standard InChI is InChI=1S/C13H11ClF3N3O/c14-10-8-11(20-12(19-10)13(15,16)17)18-6-7-21-9-4-2-1-3-5-9/h1-5,8H,6-7H2,(H,18,19,20). The van der Waals surface area contributed by atoms with Crippen LogP contribution >= 0.6 is 11.6 Å². The van der Waals surface area contributed by atoms with Gasteiger partial charge in [0.1, 0.15) is 23.3 Å². The van der Waals surface area contributed by atoms with E-state index in [1.165, 1.54) is 6.07 Å². The first kappa shape index (κ1) is 15.4. The molecule has 0 saturated carbocycles. The number of nitrogens with one attached hydrogen (secondary N) is 1. The van der Waals surface area contributed by atoms with Gasteiger partial charge in [0.05, 0.1) is 6.54 Å². The number of hydrogen-bond donors (Lipinski definition) is 1. The molecule has 0 amide bonds. The molecule has 0 aliphatic carbocycles. The Morgan fingerprint density at radius 3 is 2.52 bits per heavy atom. The number of ether oxygens (including phenoxy) is 1. The van der Waals surface area contributed by atoms with Crippen molar-refractivity contribution in [2.24, 2.45) is 0 Å². The molecule has 1 heterocycles. The van der Waals surface area contributed by atoms with E-state index in [1.807, 2.05) is 18.2 Å². The smallest absolute Gasteiger partial charge is 0.451 e. The summed E-state index contributed by atoms with van der Waals surface area (Å²) in [6.45, 7) is 0.548. The lowest BCUT2D eigenvalue weighted by Crippen LogP contribution is -2.16. The topological polar surface area (TPSA) is 47.0 Å². The first-order valence-electron chi connectivity index (χ1n) is 5.98. The molecule has 1 aromatic carbocycles. The molecule has 8 heteroatoms. The first-order chi connectivity index (χ1) is 9.95. The van der Waals surface area contributed by atoms with Gasteiger partial charge in [0, 0.05) is 6.07 Å². The Balaban J connectivity index is 1.90. The van der Waals surface area contributed by atoms with Crippen LogP contribution in [0.4, 0.5) is 19.0 Å².